The minimum Gasteiger partial charge on any atom is -0.440 e. The van der Waals surface area contributed by atoms with Gasteiger partial charge in [0.05, 0.1) is 0 Å². The molecule has 0 spiro atoms. The Bertz CT molecular complexity index is 390. The van der Waals surface area contributed by atoms with Gasteiger partial charge in [-0.1, -0.05) is 0 Å². The normalized spacial score (nSPS) is 20.6. The predicted molar refractivity (Wildman–Crippen MR) is 67.7 cm³/mol. The molecule has 1 fully saturated rings. The summed E-state index contributed by atoms with van der Waals surface area (Å²) in [7, 11) is 0. The molecule has 0 bridgehead atoms. The molecule has 0 saturated carbocycles. The largest absolute Gasteiger partial charge is 0.440 e. The van der Waals surface area contributed by atoms with Crippen molar-refractivity contribution < 1.29 is 9.21 Å². The summed E-state index contributed by atoms with van der Waals surface area (Å²) in [5.41, 5.74) is 0. The van der Waals surface area contributed by atoms with E-state index < -0.39 is 0 Å². The average molecular weight is 276 g/mol. The van der Waals surface area contributed by atoms with Crippen LogP contribution >= 0.6 is 23.2 Å². The van der Waals surface area contributed by atoms with Gasteiger partial charge in [-0.05, 0) is 49.4 Å². The Morgan fingerprint density at radius 3 is 2.94 bits per heavy atom. The van der Waals surface area contributed by atoms with Gasteiger partial charge in [0.15, 0.2) is 11.0 Å². The summed E-state index contributed by atoms with van der Waals surface area (Å²) in [6, 6.07) is 3.45. The zero-order chi connectivity index (χ0) is 12.3. The molecule has 2 rings (SSSR count). The van der Waals surface area contributed by atoms with Gasteiger partial charge in [-0.25, -0.2) is 0 Å². The first-order valence-electron chi connectivity index (χ1n) is 5.84. The molecule has 5 heteroatoms. The number of piperidine rings is 1. The topological polar surface area (TPSA) is 33.5 Å². The molecule has 1 amide bonds. The van der Waals surface area contributed by atoms with E-state index in [0.717, 1.165) is 32.2 Å². The van der Waals surface area contributed by atoms with Gasteiger partial charge in [0.1, 0.15) is 0 Å². The first-order chi connectivity index (χ1) is 8.22. The van der Waals surface area contributed by atoms with Crippen LogP contribution in [0, 0.1) is 0 Å². The van der Waals surface area contributed by atoms with Crippen molar-refractivity contribution in [1.29, 1.82) is 0 Å². The molecule has 0 radical (unpaired) electrons. The highest BCUT2D eigenvalue weighted by Crippen LogP contribution is 2.23. The Hall–Kier alpha value is -0.670. The molecule has 94 valence electrons. The molecule has 1 atom stereocenters. The maximum Gasteiger partial charge on any atom is 0.289 e. The van der Waals surface area contributed by atoms with Crippen molar-refractivity contribution in [3.05, 3.63) is 23.1 Å². The molecule has 1 aliphatic heterocycles. The van der Waals surface area contributed by atoms with Crippen molar-refractivity contribution in [3.63, 3.8) is 0 Å². The summed E-state index contributed by atoms with van der Waals surface area (Å²) >= 11 is 11.5. The minimum atomic E-state index is -0.0771. The fourth-order valence-electron chi connectivity index (χ4n) is 2.26. The van der Waals surface area contributed by atoms with Crippen molar-refractivity contribution in [3.8, 4) is 0 Å². The van der Waals surface area contributed by atoms with Crippen molar-refractivity contribution in [1.82, 2.24) is 4.90 Å². The van der Waals surface area contributed by atoms with Crippen LogP contribution in [-0.2, 0) is 0 Å². The van der Waals surface area contributed by atoms with Crippen LogP contribution in [0.25, 0.3) is 0 Å². The quantitative estimate of drug-likeness (QED) is 0.791. The lowest BCUT2D eigenvalue weighted by Gasteiger charge is -2.34. The van der Waals surface area contributed by atoms with E-state index in [4.69, 9.17) is 27.6 Å². The van der Waals surface area contributed by atoms with Crippen LogP contribution in [0.4, 0.5) is 0 Å². The molecule has 3 nitrogen and oxygen atoms in total. The molecule has 1 saturated heterocycles. The number of amides is 1. The summed E-state index contributed by atoms with van der Waals surface area (Å²) in [6.45, 7) is 0.776. The van der Waals surface area contributed by atoms with Crippen LogP contribution in [-0.4, -0.2) is 29.3 Å². The standard InChI is InChI=1S/C12H15Cl2NO2/c13-7-6-9-3-1-2-8-15(9)12(16)10-4-5-11(14)17-10/h4-5,9H,1-3,6-8H2. The maximum absolute atomic E-state index is 12.2. The Morgan fingerprint density at radius 2 is 2.29 bits per heavy atom. The third-order valence-corrected chi connectivity index (χ3v) is 3.54. The van der Waals surface area contributed by atoms with E-state index in [1.165, 1.54) is 0 Å². The van der Waals surface area contributed by atoms with E-state index in [9.17, 15) is 4.79 Å². The van der Waals surface area contributed by atoms with Gasteiger partial charge < -0.3 is 9.32 Å². The summed E-state index contributed by atoms with van der Waals surface area (Å²) < 4.78 is 5.17. The SMILES string of the molecule is O=C(c1ccc(Cl)o1)N1CCCCC1CCCl. The van der Waals surface area contributed by atoms with E-state index in [-0.39, 0.29) is 17.2 Å². The molecule has 1 aromatic rings. The number of carbonyl (C=O) groups is 1. The number of nitrogens with zero attached hydrogens (tertiary/aromatic N) is 1. The van der Waals surface area contributed by atoms with Crippen molar-refractivity contribution >= 4 is 29.1 Å². The molecule has 1 aromatic heterocycles. The lowest BCUT2D eigenvalue weighted by molar-refractivity contribution is 0.0577. The van der Waals surface area contributed by atoms with Crippen LogP contribution in [0.1, 0.15) is 36.2 Å². The summed E-state index contributed by atoms with van der Waals surface area (Å²) in [5.74, 6) is 0.816. The fourth-order valence-corrected chi connectivity index (χ4v) is 2.66. The van der Waals surface area contributed by atoms with Gasteiger partial charge in [-0.2, -0.15) is 0 Å². The van der Waals surface area contributed by atoms with Gasteiger partial charge in [0, 0.05) is 18.5 Å². The number of rotatable bonds is 3. The first kappa shape index (κ1) is 12.8. The molecule has 1 unspecified atom stereocenters. The summed E-state index contributed by atoms with van der Waals surface area (Å²) in [4.78, 5) is 14.1. The number of hydrogen-bond acceptors (Lipinski definition) is 2. The zero-order valence-corrected chi connectivity index (χ0v) is 11.0. The highest BCUT2D eigenvalue weighted by atomic mass is 35.5. The molecule has 2 heterocycles. The number of hydrogen-bond donors (Lipinski definition) is 0. The Balaban J connectivity index is 2.10. The third kappa shape index (κ3) is 2.96. The number of furan rings is 1. The van der Waals surface area contributed by atoms with Gasteiger partial charge >= 0.3 is 0 Å². The zero-order valence-electron chi connectivity index (χ0n) is 9.49. The van der Waals surface area contributed by atoms with Gasteiger partial charge in [-0.15, -0.1) is 11.6 Å². The van der Waals surface area contributed by atoms with E-state index >= 15 is 0 Å². The van der Waals surface area contributed by atoms with Crippen molar-refractivity contribution in [2.45, 2.75) is 31.7 Å². The minimum absolute atomic E-state index is 0.0771. The van der Waals surface area contributed by atoms with Crippen LogP contribution in [0.15, 0.2) is 16.5 Å². The van der Waals surface area contributed by atoms with Crippen LogP contribution in [0.2, 0.25) is 5.22 Å². The smallest absolute Gasteiger partial charge is 0.289 e. The molecule has 0 aliphatic carbocycles. The number of carbonyl (C=O) groups excluding carboxylic acids is 1. The van der Waals surface area contributed by atoms with Gasteiger partial charge in [-0.3, -0.25) is 4.79 Å². The van der Waals surface area contributed by atoms with Crippen LogP contribution in [0.3, 0.4) is 0 Å². The van der Waals surface area contributed by atoms with E-state index in [1.807, 2.05) is 4.90 Å². The van der Waals surface area contributed by atoms with Gasteiger partial charge in [0.2, 0.25) is 0 Å². The van der Waals surface area contributed by atoms with Gasteiger partial charge in [0.25, 0.3) is 5.91 Å². The molecule has 0 aromatic carbocycles. The molecule has 0 N–H and O–H groups in total. The molecule has 1 aliphatic rings. The maximum atomic E-state index is 12.2. The Kier molecular flexibility index (Phi) is 4.35. The first-order valence-corrected chi connectivity index (χ1v) is 6.76. The highest BCUT2D eigenvalue weighted by Gasteiger charge is 2.28. The van der Waals surface area contributed by atoms with E-state index in [1.54, 1.807) is 12.1 Å². The number of likely N-dealkylation sites (tertiary alicyclic amines) is 1. The lowest BCUT2D eigenvalue weighted by atomic mass is 9.99. The van der Waals surface area contributed by atoms with E-state index in [2.05, 4.69) is 0 Å². The van der Waals surface area contributed by atoms with E-state index in [0.29, 0.717) is 11.6 Å². The second kappa shape index (κ2) is 5.78. The average Bonchev–Trinajstić information content (AvgIpc) is 2.76. The van der Waals surface area contributed by atoms with Crippen LogP contribution in [0.5, 0.6) is 0 Å². The predicted octanol–water partition coefficient (Wildman–Crippen LogP) is 3.56. The Labute approximate surface area is 111 Å². The monoisotopic (exact) mass is 275 g/mol. The summed E-state index contributed by atoms with van der Waals surface area (Å²) in [6.07, 6.45) is 4.05. The highest BCUT2D eigenvalue weighted by molar-refractivity contribution is 6.29. The van der Waals surface area contributed by atoms with Crippen molar-refractivity contribution in [2.24, 2.45) is 0 Å². The van der Waals surface area contributed by atoms with Crippen LogP contribution < -0.4 is 0 Å². The lowest BCUT2D eigenvalue weighted by Crippen LogP contribution is -2.43. The third-order valence-electron chi connectivity index (χ3n) is 3.11. The second-order valence-electron chi connectivity index (χ2n) is 4.23. The number of alkyl halides is 1. The summed E-state index contributed by atoms with van der Waals surface area (Å²) in [5, 5.41) is 0.249. The Morgan fingerprint density at radius 1 is 1.47 bits per heavy atom. The van der Waals surface area contributed by atoms with Crippen molar-refractivity contribution in [2.75, 3.05) is 12.4 Å². The molecular weight excluding hydrogens is 261 g/mol. The fraction of sp³-hybridized carbons (Fsp3) is 0.583. The number of halogens is 2. The second-order valence-corrected chi connectivity index (χ2v) is 4.98. The molecular formula is C12H15Cl2NO2. The molecule has 17 heavy (non-hydrogen) atoms.